The Morgan fingerprint density at radius 3 is 2.41 bits per heavy atom. The molecule has 2 saturated heterocycles. The fourth-order valence-electron chi connectivity index (χ4n) is 5.28. The highest BCUT2D eigenvalue weighted by Crippen LogP contribution is 2.46. The summed E-state index contributed by atoms with van der Waals surface area (Å²) in [6, 6.07) is 17.2. The first kappa shape index (κ1) is 18.9. The molecule has 2 aliphatic rings. The van der Waals surface area contributed by atoms with Gasteiger partial charge in [0, 0.05) is 55.9 Å². The van der Waals surface area contributed by atoms with Crippen molar-refractivity contribution in [1.29, 1.82) is 0 Å². The molecule has 150 valence electrons. The van der Waals surface area contributed by atoms with Crippen LogP contribution < -0.4 is 0 Å². The van der Waals surface area contributed by atoms with Gasteiger partial charge in [-0.3, -0.25) is 14.8 Å². The molecule has 2 atom stereocenters. The fraction of sp³-hybridized carbons (Fsp3) is 0.417. The Labute approximate surface area is 177 Å². The molecule has 0 bridgehead atoms. The van der Waals surface area contributed by atoms with Gasteiger partial charge in [0.25, 0.3) is 0 Å². The molecule has 1 aromatic carbocycles. The standard InChI is InChI=1S/C24H28N4S/c1-2-6-20(7-3-1)9-10-24-18-27(16-22-8-4-5-11-25-22)14-21(24)15-28(19-24)17-23-26-12-13-29-23/h1-8,11-13,21H,9-10,14-19H2. The van der Waals surface area contributed by atoms with Gasteiger partial charge in [0.05, 0.1) is 12.2 Å². The second-order valence-corrected chi connectivity index (χ2v) is 9.61. The van der Waals surface area contributed by atoms with Crippen LogP contribution in [0.1, 0.15) is 22.7 Å². The van der Waals surface area contributed by atoms with Crippen LogP contribution in [0, 0.1) is 11.3 Å². The van der Waals surface area contributed by atoms with Crippen LogP contribution >= 0.6 is 11.3 Å². The van der Waals surface area contributed by atoms with E-state index in [0.29, 0.717) is 5.41 Å². The van der Waals surface area contributed by atoms with Crippen molar-refractivity contribution >= 4 is 11.3 Å². The molecule has 2 fully saturated rings. The molecular formula is C24H28N4S. The highest BCUT2D eigenvalue weighted by molar-refractivity contribution is 7.09. The maximum atomic E-state index is 4.56. The summed E-state index contributed by atoms with van der Waals surface area (Å²) in [6.45, 7) is 6.70. The SMILES string of the molecule is c1ccc(CCC23CN(Cc4ccccn4)CC2CN(Cc2nccs2)C3)cc1. The first-order valence-corrected chi connectivity index (χ1v) is 11.4. The number of nitrogens with zero attached hydrogens (tertiary/aromatic N) is 4. The molecule has 0 saturated carbocycles. The van der Waals surface area contributed by atoms with Gasteiger partial charge in [0.2, 0.25) is 0 Å². The Morgan fingerprint density at radius 2 is 1.69 bits per heavy atom. The number of aryl methyl sites for hydroxylation is 1. The van der Waals surface area contributed by atoms with Gasteiger partial charge in [-0.25, -0.2) is 4.98 Å². The van der Waals surface area contributed by atoms with Crippen molar-refractivity contribution in [3.05, 3.63) is 82.6 Å². The maximum absolute atomic E-state index is 4.56. The third kappa shape index (κ3) is 4.27. The first-order chi connectivity index (χ1) is 14.3. The summed E-state index contributed by atoms with van der Waals surface area (Å²) < 4.78 is 0. The van der Waals surface area contributed by atoms with Gasteiger partial charge in [0.1, 0.15) is 5.01 Å². The summed E-state index contributed by atoms with van der Waals surface area (Å²) in [5.41, 5.74) is 3.02. The smallest absolute Gasteiger partial charge is 0.107 e. The molecule has 2 aromatic heterocycles. The van der Waals surface area contributed by atoms with E-state index in [1.807, 2.05) is 18.5 Å². The summed E-state index contributed by atoms with van der Waals surface area (Å²) in [7, 11) is 0. The zero-order valence-electron chi connectivity index (χ0n) is 16.8. The van der Waals surface area contributed by atoms with E-state index in [4.69, 9.17) is 0 Å². The first-order valence-electron chi connectivity index (χ1n) is 10.6. The van der Waals surface area contributed by atoms with Crippen LogP contribution in [0.15, 0.2) is 66.3 Å². The quantitative estimate of drug-likeness (QED) is 0.593. The van der Waals surface area contributed by atoms with Gasteiger partial charge in [-0.2, -0.15) is 0 Å². The van der Waals surface area contributed by atoms with E-state index in [1.165, 1.54) is 55.3 Å². The predicted octanol–water partition coefficient (Wildman–Crippen LogP) is 4.10. The largest absolute Gasteiger partial charge is 0.297 e. The maximum Gasteiger partial charge on any atom is 0.107 e. The lowest BCUT2D eigenvalue weighted by Crippen LogP contribution is -2.34. The number of hydrogen-bond acceptors (Lipinski definition) is 5. The third-order valence-corrected chi connectivity index (χ3v) is 7.37. The van der Waals surface area contributed by atoms with E-state index in [0.717, 1.165) is 19.0 Å². The van der Waals surface area contributed by atoms with E-state index in [2.05, 4.69) is 67.6 Å². The highest BCUT2D eigenvalue weighted by Gasteiger charge is 2.51. The van der Waals surface area contributed by atoms with Crippen LogP contribution in [0.25, 0.3) is 0 Å². The van der Waals surface area contributed by atoms with E-state index < -0.39 is 0 Å². The number of thiazole rings is 1. The van der Waals surface area contributed by atoms with Crippen LogP contribution in [-0.4, -0.2) is 45.9 Å². The highest BCUT2D eigenvalue weighted by atomic mass is 32.1. The van der Waals surface area contributed by atoms with Crippen molar-refractivity contribution in [3.63, 3.8) is 0 Å². The Kier molecular flexibility index (Phi) is 5.44. The van der Waals surface area contributed by atoms with Crippen molar-refractivity contribution in [3.8, 4) is 0 Å². The molecule has 0 N–H and O–H groups in total. The average Bonchev–Trinajstić information content (AvgIpc) is 3.44. The molecule has 5 heteroatoms. The number of likely N-dealkylation sites (tertiary alicyclic amines) is 2. The molecule has 2 unspecified atom stereocenters. The molecule has 5 rings (SSSR count). The Hall–Kier alpha value is -2.08. The van der Waals surface area contributed by atoms with Crippen LogP contribution in [0.4, 0.5) is 0 Å². The lowest BCUT2D eigenvalue weighted by atomic mass is 9.76. The number of fused-ring (bicyclic) bond motifs is 1. The number of benzene rings is 1. The van der Waals surface area contributed by atoms with Gasteiger partial charge in [-0.15, -0.1) is 11.3 Å². The van der Waals surface area contributed by atoms with E-state index in [9.17, 15) is 0 Å². The molecule has 0 amide bonds. The third-order valence-electron chi connectivity index (χ3n) is 6.61. The topological polar surface area (TPSA) is 32.3 Å². The molecule has 4 heterocycles. The summed E-state index contributed by atoms with van der Waals surface area (Å²) >= 11 is 1.78. The second kappa shape index (κ2) is 8.34. The summed E-state index contributed by atoms with van der Waals surface area (Å²) in [5.74, 6) is 0.731. The van der Waals surface area contributed by atoms with Gasteiger partial charge in [0.15, 0.2) is 0 Å². The molecule has 2 aliphatic heterocycles. The van der Waals surface area contributed by atoms with Crippen LogP contribution in [0.3, 0.4) is 0 Å². The minimum atomic E-state index is 0.377. The number of aromatic nitrogens is 2. The Morgan fingerprint density at radius 1 is 0.897 bits per heavy atom. The average molecular weight is 405 g/mol. The van der Waals surface area contributed by atoms with Crippen molar-refractivity contribution < 1.29 is 0 Å². The van der Waals surface area contributed by atoms with E-state index in [1.54, 1.807) is 11.3 Å². The van der Waals surface area contributed by atoms with Crippen molar-refractivity contribution in [2.75, 3.05) is 26.2 Å². The zero-order chi connectivity index (χ0) is 19.5. The minimum absolute atomic E-state index is 0.377. The van der Waals surface area contributed by atoms with Crippen molar-refractivity contribution in [2.24, 2.45) is 11.3 Å². The van der Waals surface area contributed by atoms with Crippen LogP contribution in [0.2, 0.25) is 0 Å². The van der Waals surface area contributed by atoms with E-state index in [-0.39, 0.29) is 0 Å². The fourth-order valence-corrected chi connectivity index (χ4v) is 5.94. The lowest BCUT2D eigenvalue weighted by Gasteiger charge is -2.30. The zero-order valence-corrected chi connectivity index (χ0v) is 17.6. The molecule has 4 nitrogen and oxygen atoms in total. The number of rotatable bonds is 7. The minimum Gasteiger partial charge on any atom is -0.297 e. The van der Waals surface area contributed by atoms with Crippen molar-refractivity contribution in [1.82, 2.24) is 19.8 Å². The number of hydrogen-bond donors (Lipinski definition) is 0. The monoisotopic (exact) mass is 404 g/mol. The van der Waals surface area contributed by atoms with Gasteiger partial charge in [-0.1, -0.05) is 36.4 Å². The molecule has 29 heavy (non-hydrogen) atoms. The molecule has 0 radical (unpaired) electrons. The molecule has 0 spiro atoms. The normalized spacial score (nSPS) is 24.8. The summed E-state index contributed by atoms with van der Waals surface area (Å²) in [6.07, 6.45) is 6.26. The molecular weight excluding hydrogens is 376 g/mol. The van der Waals surface area contributed by atoms with Gasteiger partial charge in [-0.05, 0) is 36.5 Å². The Balaban J connectivity index is 1.30. The predicted molar refractivity (Wildman–Crippen MR) is 118 cm³/mol. The molecule has 3 aromatic rings. The van der Waals surface area contributed by atoms with Gasteiger partial charge < -0.3 is 0 Å². The van der Waals surface area contributed by atoms with Gasteiger partial charge >= 0.3 is 0 Å². The van der Waals surface area contributed by atoms with Crippen molar-refractivity contribution in [2.45, 2.75) is 25.9 Å². The Bertz CT molecular complexity index is 899. The summed E-state index contributed by atoms with van der Waals surface area (Å²) in [4.78, 5) is 14.4. The van der Waals surface area contributed by atoms with Crippen LogP contribution in [-0.2, 0) is 19.5 Å². The van der Waals surface area contributed by atoms with E-state index >= 15 is 0 Å². The lowest BCUT2D eigenvalue weighted by molar-refractivity contribution is 0.194. The second-order valence-electron chi connectivity index (χ2n) is 8.63. The van der Waals surface area contributed by atoms with Crippen LogP contribution in [0.5, 0.6) is 0 Å². The summed E-state index contributed by atoms with van der Waals surface area (Å²) in [5, 5.41) is 3.33. The number of pyridine rings is 1. The molecule has 0 aliphatic carbocycles.